The number of imide groups is 1. The van der Waals surface area contributed by atoms with Gasteiger partial charge in [0.1, 0.15) is 17.8 Å². The topological polar surface area (TPSA) is 117 Å². The summed E-state index contributed by atoms with van der Waals surface area (Å²) in [5.74, 6) is -0.819. The van der Waals surface area contributed by atoms with E-state index in [1.165, 1.54) is 7.11 Å². The van der Waals surface area contributed by atoms with Crippen molar-refractivity contribution in [3.63, 3.8) is 0 Å². The van der Waals surface area contributed by atoms with Crippen molar-refractivity contribution in [2.45, 2.75) is 38.8 Å². The Morgan fingerprint density at radius 2 is 1.82 bits per heavy atom. The Morgan fingerprint density at radius 1 is 1.18 bits per heavy atom. The van der Waals surface area contributed by atoms with Crippen LogP contribution in [0.4, 0.5) is 4.79 Å². The lowest BCUT2D eigenvalue weighted by molar-refractivity contribution is -0.135. The number of nitrogens with zero attached hydrogens (tertiary/aromatic N) is 1. The van der Waals surface area contributed by atoms with Gasteiger partial charge in [-0.1, -0.05) is 19.1 Å². The number of urea groups is 1. The molecule has 9 nitrogen and oxygen atoms in total. The van der Waals surface area contributed by atoms with Gasteiger partial charge in [-0.25, -0.2) is 4.79 Å². The summed E-state index contributed by atoms with van der Waals surface area (Å²) in [6.45, 7) is 4.70. The van der Waals surface area contributed by atoms with Crippen LogP contribution in [-0.4, -0.2) is 54.9 Å². The summed E-state index contributed by atoms with van der Waals surface area (Å²) in [5.41, 5.74) is -0.632. The molecule has 0 bridgehead atoms. The van der Waals surface area contributed by atoms with Crippen molar-refractivity contribution in [1.29, 1.82) is 0 Å². The highest BCUT2D eigenvalue weighted by atomic mass is 16.5. The van der Waals surface area contributed by atoms with Gasteiger partial charge in [-0.2, -0.15) is 0 Å². The number of carbonyl (C=O) groups excluding carboxylic acids is 4. The zero-order chi connectivity index (χ0) is 20.9. The van der Waals surface area contributed by atoms with Crippen LogP contribution in [0.3, 0.4) is 0 Å². The first kappa shape index (κ1) is 21.2. The number of carbonyl (C=O) groups is 4. The Balaban J connectivity index is 2.08. The van der Waals surface area contributed by atoms with Gasteiger partial charge in [-0.15, -0.1) is 0 Å². The first-order chi connectivity index (χ1) is 13.2. The summed E-state index contributed by atoms with van der Waals surface area (Å²) in [7, 11) is 1.54. The number of nitrogens with one attached hydrogen (secondary N) is 3. The Labute approximate surface area is 163 Å². The van der Waals surface area contributed by atoms with Gasteiger partial charge < -0.3 is 20.7 Å². The molecular weight excluding hydrogens is 364 g/mol. The highest BCUT2D eigenvalue weighted by molar-refractivity contribution is 6.09. The molecule has 0 spiro atoms. The quantitative estimate of drug-likeness (QED) is 0.559. The molecule has 1 fully saturated rings. The van der Waals surface area contributed by atoms with E-state index in [4.69, 9.17) is 4.74 Å². The van der Waals surface area contributed by atoms with E-state index >= 15 is 0 Å². The number of hydrogen-bond donors (Lipinski definition) is 3. The normalized spacial score (nSPS) is 18.8. The molecule has 1 saturated heterocycles. The first-order valence-electron chi connectivity index (χ1n) is 9.08. The lowest BCUT2D eigenvalue weighted by atomic mass is 9.87. The molecule has 1 atom stereocenters. The van der Waals surface area contributed by atoms with Crippen LogP contribution in [0.15, 0.2) is 24.3 Å². The van der Waals surface area contributed by atoms with Gasteiger partial charge in [0, 0.05) is 6.04 Å². The molecule has 0 unspecified atom stereocenters. The Bertz CT molecular complexity index is 762. The molecule has 9 heteroatoms. The van der Waals surface area contributed by atoms with E-state index in [1.54, 1.807) is 45.0 Å². The molecule has 2 rings (SSSR count). The van der Waals surface area contributed by atoms with E-state index in [-0.39, 0.29) is 18.5 Å². The van der Waals surface area contributed by atoms with E-state index < -0.39 is 29.9 Å². The predicted molar refractivity (Wildman–Crippen MR) is 101 cm³/mol. The van der Waals surface area contributed by atoms with Gasteiger partial charge in [0.2, 0.25) is 11.8 Å². The lowest BCUT2D eigenvalue weighted by Crippen LogP contribution is -2.46. The summed E-state index contributed by atoms with van der Waals surface area (Å²) in [5, 5.41) is 7.76. The second-order valence-corrected chi connectivity index (χ2v) is 6.81. The third-order valence-corrected chi connectivity index (χ3v) is 4.49. The van der Waals surface area contributed by atoms with Crippen LogP contribution >= 0.6 is 0 Å². The fourth-order valence-corrected chi connectivity index (χ4v) is 3.04. The number of rotatable bonds is 8. The lowest BCUT2D eigenvalue weighted by Gasteiger charge is -2.26. The minimum Gasteiger partial charge on any atom is -0.497 e. The van der Waals surface area contributed by atoms with Crippen molar-refractivity contribution in [1.82, 2.24) is 20.9 Å². The monoisotopic (exact) mass is 390 g/mol. The maximum atomic E-state index is 13.0. The molecule has 3 N–H and O–H groups in total. The molecule has 1 aliphatic heterocycles. The van der Waals surface area contributed by atoms with E-state index in [0.717, 1.165) is 4.90 Å². The number of amides is 5. The fraction of sp³-hybridized carbons (Fsp3) is 0.474. The Kier molecular flexibility index (Phi) is 6.61. The Hall–Kier alpha value is -3.10. The molecule has 0 saturated carbocycles. The minimum absolute atomic E-state index is 0.0509. The summed E-state index contributed by atoms with van der Waals surface area (Å²) in [4.78, 5) is 50.0. The molecule has 1 heterocycles. The van der Waals surface area contributed by atoms with Crippen LogP contribution in [0.1, 0.15) is 32.8 Å². The number of hydrogen-bond acceptors (Lipinski definition) is 5. The number of benzene rings is 1. The number of methoxy groups -OCH3 is 1. The number of ether oxygens (including phenoxy) is 1. The zero-order valence-corrected chi connectivity index (χ0v) is 16.5. The van der Waals surface area contributed by atoms with Gasteiger partial charge in [0.25, 0.3) is 5.91 Å². The van der Waals surface area contributed by atoms with Crippen LogP contribution in [0.5, 0.6) is 5.75 Å². The minimum atomic E-state index is -1.24. The van der Waals surface area contributed by atoms with Crippen molar-refractivity contribution in [2.75, 3.05) is 20.2 Å². The van der Waals surface area contributed by atoms with Gasteiger partial charge >= 0.3 is 6.03 Å². The van der Waals surface area contributed by atoms with Crippen LogP contribution < -0.4 is 20.7 Å². The first-order valence-corrected chi connectivity index (χ1v) is 9.08. The molecule has 1 aromatic carbocycles. The van der Waals surface area contributed by atoms with Crippen molar-refractivity contribution in [3.8, 4) is 5.75 Å². The summed E-state index contributed by atoms with van der Waals surface area (Å²) >= 11 is 0. The molecule has 1 aromatic rings. The van der Waals surface area contributed by atoms with Crippen LogP contribution in [0, 0.1) is 0 Å². The molecule has 1 aliphatic rings. The standard InChI is InChI=1S/C19H26N4O5/c1-5-19(13-6-8-14(28-4)9-7-13)17(26)23(18(27)22-19)11-16(25)20-10-15(24)21-12(2)3/h6-9,12H,5,10-11H2,1-4H3,(H,20,25)(H,21,24)(H,22,27)/t19-/m1/s1. The van der Waals surface area contributed by atoms with Gasteiger partial charge in [0.05, 0.1) is 13.7 Å². The smallest absolute Gasteiger partial charge is 0.325 e. The van der Waals surface area contributed by atoms with Crippen molar-refractivity contribution in [2.24, 2.45) is 0 Å². The zero-order valence-electron chi connectivity index (χ0n) is 16.5. The van der Waals surface area contributed by atoms with Gasteiger partial charge in [0.15, 0.2) is 0 Å². The molecule has 152 valence electrons. The van der Waals surface area contributed by atoms with Crippen molar-refractivity contribution < 1.29 is 23.9 Å². The summed E-state index contributed by atoms with van der Waals surface area (Å²) in [6, 6.07) is 6.12. The van der Waals surface area contributed by atoms with Crippen LogP contribution in [0.25, 0.3) is 0 Å². The van der Waals surface area contributed by atoms with Crippen molar-refractivity contribution in [3.05, 3.63) is 29.8 Å². The molecular formula is C19H26N4O5. The molecule has 0 aromatic heterocycles. The van der Waals surface area contributed by atoms with E-state index in [0.29, 0.717) is 17.7 Å². The van der Waals surface area contributed by atoms with E-state index in [9.17, 15) is 19.2 Å². The second-order valence-electron chi connectivity index (χ2n) is 6.81. The van der Waals surface area contributed by atoms with Crippen molar-refractivity contribution >= 4 is 23.8 Å². The highest BCUT2D eigenvalue weighted by Crippen LogP contribution is 2.33. The van der Waals surface area contributed by atoms with Gasteiger partial charge in [-0.05, 0) is 38.0 Å². The van der Waals surface area contributed by atoms with E-state index in [1.807, 2.05) is 0 Å². The van der Waals surface area contributed by atoms with Gasteiger partial charge in [-0.3, -0.25) is 19.3 Å². The third-order valence-electron chi connectivity index (χ3n) is 4.49. The average molecular weight is 390 g/mol. The fourth-order valence-electron chi connectivity index (χ4n) is 3.04. The Morgan fingerprint density at radius 3 is 2.36 bits per heavy atom. The SMILES string of the molecule is CC[C@]1(c2ccc(OC)cc2)NC(=O)N(CC(=O)NCC(=O)NC(C)C)C1=O. The van der Waals surface area contributed by atoms with Crippen LogP contribution in [-0.2, 0) is 19.9 Å². The summed E-state index contributed by atoms with van der Waals surface area (Å²) in [6.07, 6.45) is 0.318. The predicted octanol–water partition coefficient (Wildman–Crippen LogP) is 0.493. The molecule has 0 radical (unpaired) electrons. The van der Waals surface area contributed by atoms with Crippen LogP contribution in [0.2, 0.25) is 0 Å². The maximum Gasteiger partial charge on any atom is 0.325 e. The largest absolute Gasteiger partial charge is 0.497 e. The highest BCUT2D eigenvalue weighted by Gasteiger charge is 2.51. The summed E-state index contributed by atoms with van der Waals surface area (Å²) < 4.78 is 5.12. The van der Waals surface area contributed by atoms with E-state index in [2.05, 4.69) is 16.0 Å². The maximum absolute atomic E-state index is 13.0. The third kappa shape index (κ3) is 4.41. The molecule has 0 aliphatic carbocycles. The second kappa shape index (κ2) is 8.73. The molecule has 5 amide bonds. The molecule has 28 heavy (non-hydrogen) atoms. The average Bonchev–Trinajstić information content (AvgIpc) is 2.91.